The van der Waals surface area contributed by atoms with Gasteiger partial charge < -0.3 is 4.74 Å². The Morgan fingerprint density at radius 1 is 1.35 bits per heavy atom. The monoisotopic (exact) mass is 272 g/mol. The molecule has 0 spiro atoms. The van der Waals surface area contributed by atoms with Crippen LogP contribution in [0.25, 0.3) is 0 Å². The van der Waals surface area contributed by atoms with E-state index >= 15 is 0 Å². The predicted octanol–water partition coefficient (Wildman–Crippen LogP) is 4.46. The second-order valence-corrected chi connectivity index (χ2v) is 5.14. The van der Waals surface area contributed by atoms with Gasteiger partial charge in [-0.25, -0.2) is 0 Å². The normalized spacial score (nSPS) is 12.3. The van der Waals surface area contributed by atoms with Gasteiger partial charge in [-0.05, 0) is 38.7 Å². The van der Waals surface area contributed by atoms with Crippen LogP contribution < -0.4 is 0 Å². The molecule has 0 heterocycles. The number of allylic oxidation sites excluding steroid dienone is 3. The number of carbonyl (C=O) groups is 1. The van der Waals surface area contributed by atoms with Gasteiger partial charge in [-0.2, -0.15) is 0 Å². The number of ether oxygens (including phenoxy) is 1. The van der Waals surface area contributed by atoms with Crippen LogP contribution in [-0.4, -0.2) is 12.1 Å². The molecule has 0 aromatic heterocycles. The number of carbonyl (C=O) groups excluding carboxylic acids is 1. The van der Waals surface area contributed by atoms with Crippen LogP contribution in [-0.2, 0) is 16.0 Å². The van der Waals surface area contributed by atoms with Crippen LogP contribution in [0, 0.1) is 0 Å². The molecule has 1 atom stereocenters. The molecule has 0 aliphatic heterocycles. The average molecular weight is 272 g/mol. The Bertz CT molecular complexity index is 446. The average Bonchev–Trinajstić information content (AvgIpc) is 2.38. The molecule has 2 nitrogen and oxygen atoms in total. The van der Waals surface area contributed by atoms with Gasteiger partial charge in [0.2, 0.25) is 0 Å². The lowest BCUT2D eigenvalue weighted by atomic mass is 10.1. The smallest absolute Gasteiger partial charge is 0.310 e. The Labute approximate surface area is 122 Å². The van der Waals surface area contributed by atoms with E-state index in [9.17, 15) is 4.79 Å². The van der Waals surface area contributed by atoms with Gasteiger partial charge in [0.15, 0.2) is 0 Å². The van der Waals surface area contributed by atoms with Crippen molar-refractivity contribution in [3.8, 4) is 0 Å². The number of rotatable bonds is 8. The topological polar surface area (TPSA) is 26.3 Å². The summed E-state index contributed by atoms with van der Waals surface area (Å²) in [5.41, 5.74) is 2.06. The summed E-state index contributed by atoms with van der Waals surface area (Å²) in [6.07, 6.45) is 7.36. The summed E-state index contributed by atoms with van der Waals surface area (Å²) in [6.45, 7) is 7.74. The van der Waals surface area contributed by atoms with Crippen LogP contribution in [0.15, 0.2) is 54.6 Å². The quantitative estimate of drug-likeness (QED) is 0.396. The molecule has 0 aliphatic rings. The van der Waals surface area contributed by atoms with Crippen molar-refractivity contribution in [2.45, 2.75) is 45.6 Å². The lowest BCUT2D eigenvalue weighted by molar-refractivity contribution is -0.147. The van der Waals surface area contributed by atoms with Crippen LogP contribution in [0.2, 0.25) is 0 Å². The summed E-state index contributed by atoms with van der Waals surface area (Å²) in [6, 6.07) is 9.68. The zero-order valence-electron chi connectivity index (χ0n) is 12.5. The molecule has 2 heteroatoms. The number of hydrogen-bond donors (Lipinski definition) is 0. The number of unbranched alkanes of at least 4 members (excludes halogenated alkanes) is 1. The van der Waals surface area contributed by atoms with Crippen molar-refractivity contribution in [3.63, 3.8) is 0 Å². The fourth-order valence-corrected chi connectivity index (χ4v) is 1.90. The number of benzene rings is 1. The molecule has 20 heavy (non-hydrogen) atoms. The molecule has 0 aliphatic carbocycles. The fraction of sp³-hybridized carbons (Fsp3) is 0.389. The summed E-state index contributed by atoms with van der Waals surface area (Å²) in [5.74, 6) is -0.152. The van der Waals surface area contributed by atoms with Crippen molar-refractivity contribution >= 4 is 5.97 Å². The Hall–Kier alpha value is -1.83. The summed E-state index contributed by atoms with van der Waals surface area (Å²) in [7, 11) is 0. The maximum atomic E-state index is 11.8. The van der Waals surface area contributed by atoms with Gasteiger partial charge in [-0.1, -0.05) is 54.6 Å². The van der Waals surface area contributed by atoms with E-state index in [1.165, 1.54) is 0 Å². The molecule has 0 amide bonds. The van der Waals surface area contributed by atoms with E-state index in [-0.39, 0.29) is 12.1 Å². The third kappa shape index (κ3) is 7.57. The van der Waals surface area contributed by atoms with Crippen LogP contribution in [0.3, 0.4) is 0 Å². The van der Waals surface area contributed by atoms with Crippen molar-refractivity contribution in [1.82, 2.24) is 0 Å². The second kappa shape index (κ2) is 9.13. The first kappa shape index (κ1) is 16.2. The van der Waals surface area contributed by atoms with Crippen molar-refractivity contribution in [3.05, 3.63) is 60.2 Å². The van der Waals surface area contributed by atoms with E-state index in [0.717, 1.165) is 30.4 Å². The van der Waals surface area contributed by atoms with E-state index in [1.807, 2.05) is 50.3 Å². The maximum Gasteiger partial charge on any atom is 0.310 e. The highest BCUT2D eigenvalue weighted by molar-refractivity contribution is 5.72. The number of hydrogen-bond acceptors (Lipinski definition) is 2. The van der Waals surface area contributed by atoms with Gasteiger partial charge in [0, 0.05) is 0 Å². The zero-order valence-corrected chi connectivity index (χ0v) is 12.5. The highest BCUT2D eigenvalue weighted by Gasteiger charge is 2.09. The van der Waals surface area contributed by atoms with Crippen LogP contribution in [0.1, 0.15) is 38.7 Å². The second-order valence-electron chi connectivity index (χ2n) is 5.14. The van der Waals surface area contributed by atoms with Crippen molar-refractivity contribution in [2.24, 2.45) is 0 Å². The van der Waals surface area contributed by atoms with Gasteiger partial charge >= 0.3 is 5.97 Å². The molecule has 0 radical (unpaired) electrons. The van der Waals surface area contributed by atoms with E-state index in [1.54, 1.807) is 0 Å². The van der Waals surface area contributed by atoms with E-state index < -0.39 is 0 Å². The molecular formula is C18H24O2. The summed E-state index contributed by atoms with van der Waals surface area (Å²) < 4.78 is 5.40. The molecule has 0 N–H and O–H groups in total. The largest absolute Gasteiger partial charge is 0.462 e. The van der Waals surface area contributed by atoms with E-state index in [4.69, 9.17) is 4.74 Å². The minimum absolute atomic E-state index is 0.0237. The first-order valence-corrected chi connectivity index (χ1v) is 7.13. The first-order valence-electron chi connectivity index (χ1n) is 7.13. The van der Waals surface area contributed by atoms with Gasteiger partial charge in [-0.3, -0.25) is 4.79 Å². The highest BCUT2D eigenvalue weighted by Crippen LogP contribution is 2.08. The minimum Gasteiger partial charge on any atom is -0.462 e. The van der Waals surface area contributed by atoms with Crippen LogP contribution in [0.4, 0.5) is 0 Å². The Balaban J connectivity index is 2.20. The van der Waals surface area contributed by atoms with Gasteiger partial charge in [0.05, 0.1) is 12.5 Å². The zero-order chi connectivity index (χ0) is 14.8. The summed E-state index contributed by atoms with van der Waals surface area (Å²) in [4.78, 5) is 11.8. The van der Waals surface area contributed by atoms with E-state index in [2.05, 4.69) is 12.7 Å². The molecular weight excluding hydrogens is 248 g/mol. The Morgan fingerprint density at radius 2 is 2.05 bits per heavy atom. The molecule has 0 bridgehead atoms. The van der Waals surface area contributed by atoms with Crippen LogP contribution in [0.5, 0.6) is 0 Å². The van der Waals surface area contributed by atoms with Gasteiger partial charge in [0.25, 0.3) is 0 Å². The molecule has 1 aromatic carbocycles. The van der Waals surface area contributed by atoms with Crippen LogP contribution >= 0.6 is 0 Å². The fourth-order valence-electron chi connectivity index (χ4n) is 1.90. The molecule has 1 aromatic rings. The number of esters is 1. The standard InChI is InChI=1S/C18H24O2/c1-15(2)10-6-4-7-11-16(3)20-18(19)14-17-12-8-5-9-13-17/h5-6,8-10,12-13,16H,1,4,7,11,14H2,2-3H3/b10-6+. The van der Waals surface area contributed by atoms with Crippen molar-refractivity contribution in [1.29, 1.82) is 0 Å². The SMILES string of the molecule is C=C(C)/C=C/CCCC(C)OC(=O)Cc1ccccc1. The molecule has 108 valence electrons. The molecule has 1 unspecified atom stereocenters. The maximum absolute atomic E-state index is 11.8. The van der Waals surface area contributed by atoms with Crippen molar-refractivity contribution < 1.29 is 9.53 Å². The molecule has 0 saturated heterocycles. The van der Waals surface area contributed by atoms with Gasteiger partial charge in [0.1, 0.15) is 0 Å². The highest BCUT2D eigenvalue weighted by atomic mass is 16.5. The lowest BCUT2D eigenvalue weighted by Crippen LogP contribution is -2.16. The minimum atomic E-state index is -0.152. The predicted molar refractivity (Wildman–Crippen MR) is 83.5 cm³/mol. The lowest BCUT2D eigenvalue weighted by Gasteiger charge is -2.12. The summed E-state index contributed by atoms with van der Waals surface area (Å²) >= 11 is 0. The Morgan fingerprint density at radius 3 is 2.70 bits per heavy atom. The Kier molecular flexibility index (Phi) is 7.41. The third-order valence-corrected chi connectivity index (χ3v) is 2.91. The summed E-state index contributed by atoms with van der Waals surface area (Å²) in [5, 5.41) is 0. The van der Waals surface area contributed by atoms with Crippen molar-refractivity contribution in [2.75, 3.05) is 0 Å². The van der Waals surface area contributed by atoms with Gasteiger partial charge in [-0.15, -0.1) is 0 Å². The molecule has 1 rings (SSSR count). The molecule has 0 fully saturated rings. The first-order chi connectivity index (χ1) is 9.58. The third-order valence-electron chi connectivity index (χ3n) is 2.91. The molecule has 0 saturated carbocycles. The van der Waals surface area contributed by atoms with E-state index in [0.29, 0.717) is 6.42 Å².